The maximum atomic E-state index is 5.44. The Morgan fingerprint density at radius 1 is 1.21 bits per heavy atom. The number of thioether (sulfide) groups is 1. The largest absolute Gasteiger partial charge is 0.330 e. The summed E-state index contributed by atoms with van der Waals surface area (Å²) < 4.78 is 0. The first-order chi connectivity index (χ1) is 6.74. The summed E-state index contributed by atoms with van der Waals surface area (Å²) in [6.45, 7) is 5.13. The van der Waals surface area contributed by atoms with Crippen LogP contribution in [0.15, 0.2) is 18.2 Å². The molecule has 0 unspecified atom stereocenters. The topological polar surface area (TPSA) is 26.0 Å². The molecule has 2 N–H and O–H groups in total. The third-order valence-electron chi connectivity index (χ3n) is 2.33. The molecule has 0 atom stereocenters. The Hall–Kier alpha value is -0.470. The lowest BCUT2D eigenvalue weighted by atomic mass is 10.1. The van der Waals surface area contributed by atoms with Gasteiger partial charge in [0.05, 0.1) is 0 Å². The van der Waals surface area contributed by atoms with E-state index in [1.807, 2.05) is 11.8 Å². The molecule has 1 aromatic carbocycles. The Morgan fingerprint density at radius 2 is 2.00 bits per heavy atom. The van der Waals surface area contributed by atoms with Crippen LogP contribution in [0.5, 0.6) is 0 Å². The van der Waals surface area contributed by atoms with Gasteiger partial charge in [0.25, 0.3) is 0 Å². The van der Waals surface area contributed by atoms with E-state index < -0.39 is 0 Å². The molecule has 78 valence electrons. The fraction of sp³-hybridized carbons (Fsp3) is 0.500. The highest BCUT2D eigenvalue weighted by molar-refractivity contribution is 7.98. The van der Waals surface area contributed by atoms with E-state index in [2.05, 4.69) is 32.0 Å². The molecule has 1 aromatic rings. The molecule has 0 aromatic heterocycles. The van der Waals surface area contributed by atoms with E-state index in [9.17, 15) is 0 Å². The van der Waals surface area contributed by atoms with Gasteiger partial charge in [0.2, 0.25) is 0 Å². The van der Waals surface area contributed by atoms with Crippen molar-refractivity contribution >= 4 is 11.8 Å². The third-order valence-corrected chi connectivity index (χ3v) is 3.45. The van der Waals surface area contributed by atoms with Crippen molar-refractivity contribution in [3.63, 3.8) is 0 Å². The van der Waals surface area contributed by atoms with Gasteiger partial charge in [0.1, 0.15) is 0 Å². The van der Waals surface area contributed by atoms with Gasteiger partial charge in [-0.05, 0) is 49.3 Å². The molecule has 0 radical (unpaired) electrons. The Balaban J connectivity index is 2.39. The van der Waals surface area contributed by atoms with E-state index in [0.29, 0.717) is 0 Å². The van der Waals surface area contributed by atoms with E-state index in [-0.39, 0.29) is 0 Å². The normalized spacial score (nSPS) is 10.5. The molecule has 14 heavy (non-hydrogen) atoms. The number of benzene rings is 1. The van der Waals surface area contributed by atoms with Crippen molar-refractivity contribution in [2.75, 3.05) is 12.3 Å². The maximum absolute atomic E-state index is 5.44. The first-order valence-electron chi connectivity index (χ1n) is 5.08. The SMILES string of the molecule is Cc1ccc(CSCCCN)cc1C. The number of rotatable bonds is 5. The molecule has 0 heterocycles. The fourth-order valence-electron chi connectivity index (χ4n) is 1.27. The van der Waals surface area contributed by atoms with Crippen LogP contribution in [0.1, 0.15) is 23.1 Å². The van der Waals surface area contributed by atoms with Crippen molar-refractivity contribution in [3.8, 4) is 0 Å². The van der Waals surface area contributed by atoms with Crippen LogP contribution in [0.4, 0.5) is 0 Å². The summed E-state index contributed by atoms with van der Waals surface area (Å²) in [6, 6.07) is 6.71. The molecule has 0 fully saturated rings. The predicted octanol–water partition coefficient (Wildman–Crippen LogP) is 2.89. The van der Waals surface area contributed by atoms with Crippen LogP contribution in [0.3, 0.4) is 0 Å². The van der Waals surface area contributed by atoms with Crippen LogP contribution in [0, 0.1) is 13.8 Å². The molecule has 0 aliphatic rings. The lowest BCUT2D eigenvalue weighted by Gasteiger charge is -2.04. The zero-order chi connectivity index (χ0) is 10.4. The summed E-state index contributed by atoms with van der Waals surface area (Å²) >= 11 is 1.97. The van der Waals surface area contributed by atoms with Crippen molar-refractivity contribution in [1.29, 1.82) is 0 Å². The lowest BCUT2D eigenvalue weighted by molar-refractivity contribution is 0.943. The van der Waals surface area contributed by atoms with Gasteiger partial charge in [-0.25, -0.2) is 0 Å². The second kappa shape index (κ2) is 6.10. The van der Waals surface area contributed by atoms with E-state index in [4.69, 9.17) is 5.73 Å². The molecule has 0 bridgehead atoms. The summed E-state index contributed by atoms with van der Waals surface area (Å²) in [6.07, 6.45) is 1.12. The van der Waals surface area contributed by atoms with E-state index in [1.54, 1.807) is 0 Å². The standard InChI is InChI=1S/C12H19NS/c1-10-4-5-12(8-11(10)2)9-14-7-3-6-13/h4-5,8H,3,6-7,9,13H2,1-2H3. The van der Waals surface area contributed by atoms with Crippen molar-refractivity contribution in [2.45, 2.75) is 26.0 Å². The van der Waals surface area contributed by atoms with Crippen LogP contribution < -0.4 is 5.73 Å². The number of hydrogen-bond acceptors (Lipinski definition) is 2. The quantitative estimate of drug-likeness (QED) is 0.755. The first-order valence-corrected chi connectivity index (χ1v) is 6.23. The van der Waals surface area contributed by atoms with Gasteiger partial charge >= 0.3 is 0 Å². The lowest BCUT2D eigenvalue weighted by Crippen LogP contribution is -1.99. The average Bonchev–Trinajstić information content (AvgIpc) is 2.18. The van der Waals surface area contributed by atoms with E-state index >= 15 is 0 Å². The van der Waals surface area contributed by atoms with Crippen LogP contribution in [0.25, 0.3) is 0 Å². The van der Waals surface area contributed by atoms with Crippen LogP contribution in [-0.2, 0) is 5.75 Å². The summed E-state index contributed by atoms with van der Waals surface area (Å²) in [5, 5.41) is 0. The van der Waals surface area contributed by atoms with Gasteiger partial charge in [0.15, 0.2) is 0 Å². The van der Waals surface area contributed by atoms with Gasteiger partial charge in [-0.2, -0.15) is 11.8 Å². The monoisotopic (exact) mass is 209 g/mol. The maximum Gasteiger partial charge on any atom is 0.0184 e. The van der Waals surface area contributed by atoms with Gasteiger partial charge < -0.3 is 5.73 Å². The molecular formula is C12H19NS. The highest BCUT2D eigenvalue weighted by Crippen LogP contribution is 2.16. The minimum Gasteiger partial charge on any atom is -0.330 e. The molecule has 0 saturated heterocycles. The Labute approximate surface area is 91.1 Å². The van der Waals surface area contributed by atoms with Gasteiger partial charge in [-0.15, -0.1) is 0 Å². The first kappa shape index (κ1) is 11.6. The van der Waals surface area contributed by atoms with Crippen molar-refractivity contribution < 1.29 is 0 Å². The average molecular weight is 209 g/mol. The van der Waals surface area contributed by atoms with Crippen molar-refractivity contribution in [1.82, 2.24) is 0 Å². The molecule has 0 aliphatic heterocycles. The Kier molecular flexibility index (Phi) is 5.05. The molecule has 0 amide bonds. The van der Waals surface area contributed by atoms with E-state index in [0.717, 1.165) is 18.7 Å². The molecule has 2 heteroatoms. The van der Waals surface area contributed by atoms with E-state index in [1.165, 1.54) is 22.4 Å². The molecular weight excluding hydrogens is 190 g/mol. The molecule has 0 spiro atoms. The zero-order valence-corrected chi connectivity index (χ0v) is 9.86. The van der Waals surface area contributed by atoms with Gasteiger partial charge in [-0.1, -0.05) is 18.2 Å². The Morgan fingerprint density at radius 3 is 2.64 bits per heavy atom. The molecule has 1 nitrogen and oxygen atoms in total. The number of nitrogens with two attached hydrogens (primary N) is 1. The summed E-state index contributed by atoms with van der Waals surface area (Å²) in [5.41, 5.74) is 9.63. The number of aryl methyl sites for hydroxylation is 2. The second-order valence-electron chi connectivity index (χ2n) is 3.61. The Bertz CT molecular complexity index is 284. The predicted molar refractivity (Wildman–Crippen MR) is 65.7 cm³/mol. The van der Waals surface area contributed by atoms with Gasteiger partial charge in [-0.3, -0.25) is 0 Å². The molecule has 0 aliphatic carbocycles. The van der Waals surface area contributed by atoms with Crippen LogP contribution in [0.2, 0.25) is 0 Å². The summed E-state index contributed by atoms with van der Waals surface area (Å²) in [5.74, 6) is 2.28. The zero-order valence-electron chi connectivity index (χ0n) is 9.05. The highest BCUT2D eigenvalue weighted by atomic mass is 32.2. The molecule has 1 rings (SSSR count). The number of hydrogen-bond donors (Lipinski definition) is 1. The van der Waals surface area contributed by atoms with Crippen LogP contribution >= 0.6 is 11.8 Å². The summed E-state index contributed by atoms with van der Waals surface area (Å²) in [4.78, 5) is 0. The summed E-state index contributed by atoms with van der Waals surface area (Å²) in [7, 11) is 0. The van der Waals surface area contributed by atoms with Crippen LogP contribution in [-0.4, -0.2) is 12.3 Å². The highest BCUT2D eigenvalue weighted by Gasteiger charge is 1.96. The smallest absolute Gasteiger partial charge is 0.0184 e. The van der Waals surface area contributed by atoms with Crippen molar-refractivity contribution in [3.05, 3.63) is 34.9 Å². The minimum atomic E-state index is 0.805. The minimum absolute atomic E-state index is 0.805. The third kappa shape index (κ3) is 3.72. The fourth-order valence-corrected chi connectivity index (χ4v) is 2.20. The molecule has 0 saturated carbocycles. The van der Waals surface area contributed by atoms with Crippen molar-refractivity contribution in [2.24, 2.45) is 5.73 Å². The second-order valence-corrected chi connectivity index (χ2v) is 4.72. The van der Waals surface area contributed by atoms with Gasteiger partial charge in [0, 0.05) is 5.75 Å².